The topological polar surface area (TPSA) is 48.0 Å². The third kappa shape index (κ3) is 2.83. The lowest BCUT2D eigenvalue weighted by atomic mass is 10.0. The van der Waals surface area contributed by atoms with Crippen molar-refractivity contribution in [3.05, 3.63) is 57.9 Å². The van der Waals surface area contributed by atoms with Gasteiger partial charge >= 0.3 is 0 Å². The van der Waals surface area contributed by atoms with E-state index in [0.717, 1.165) is 16.8 Å². The van der Waals surface area contributed by atoms with Crippen molar-refractivity contribution >= 4 is 0 Å². The summed E-state index contributed by atoms with van der Waals surface area (Å²) in [5.41, 5.74) is 9.49. The quantitative estimate of drug-likeness (QED) is 0.928. The lowest BCUT2D eigenvalue weighted by molar-refractivity contribution is 0.512. The molecule has 0 saturated carbocycles. The molecule has 0 unspecified atom stereocenters. The van der Waals surface area contributed by atoms with Gasteiger partial charge in [0.15, 0.2) is 0 Å². The average molecular weight is 270 g/mol. The fraction of sp³-hybridized carbons (Fsp3) is 0.353. The van der Waals surface area contributed by atoms with E-state index >= 15 is 0 Å². The second-order valence-corrected chi connectivity index (χ2v) is 5.57. The molecule has 1 heterocycles. The minimum absolute atomic E-state index is 0.0417. The third-order valence-corrected chi connectivity index (χ3v) is 3.44. The van der Waals surface area contributed by atoms with E-state index in [-0.39, 0.29) is 12.1 Å². The van der Waals surface area contributed by atoms with Gasteiger partial charge in [-0.3, -0.25) is 4.79 Å². The maximum absolute atomic E-state index is 12.6. The van der Waals surface area contributed by atoms with Crippen LogP contribution in [0.4, 0.5) is 0 Å². The third-order valence-electron chi connectivity index (χ3n) is 3.44. The maximum atomic E-state index is 12.6. The molecule has 2 N–H and O–H groups in total. The van der Waals surface area contributed by atoms with Crippen LogP contribution in [0.5, 0.6) is 0 Å². The Morgan fingerprint density at radius 1 is 1.20 bits per heavy atom. The zero-order chi connectivity index (χ0) is 14.7. The molecule has 3 nitrogen and oxygen atoms in total. The molecule has 0 radical (unpaired) electrons. The van der Waals surface area contributed by atoms with Crippen LogP contribution in [0.3, 0.4) is 0 Å². The van der Waals surface area contributed by atoms with Gasteiger partial charge in [-0.05, 0) is 30.0 Å². The van der Waals surface area contributed by atoms with Crippen LogP contribution in [0.2, 0.25) is 0 Å². The van der Waals surface area contributed by atoms with Crippen molar-refractivity contribution in [2.24, 2.45) is 11.7 Å². The molecule has 0 aliphatic carbocycles. The van der Waals surface area contributed by atoms with E-state index in [1.807, 2.05) is 41.8 Å². The number of hydrogen-bond donors (Lipinski definition) is 1. The number of pyridine rings is 1. The number of benzene rings is 1. The van der Waals surface area contributed by atoms with Gasteiger partial charge < -0.3 is 10.3 Å². The van der Waals surface area contributed by atoms with Crippen LogP contribution in [-0.2, 0) is 13.1 Å². The predicted octanol–water partition coefficient (Wildman–Crippen LogP) is 2.94. The van der Waals surface area contributed by atoms with E-state index in [0.29, 0.717) is 18.0 Å². The summed E-state index contributed by atoms with van der Waals surface area (Å²) in [6.07, 6.45) is 0. The Kier molecular flexibility index (Phi) is 4.40. The Bertz CT molecular complexity index is 642. The van der Waals surface area contributed by atoms with Crippen molar-refractivity contribution in [3.63, 3.8) is 0 Å². The molecule has 0 aliphatic rings. The lowest BCUT2D eigenvalue weighted by Gasteiger charge is -2.18. The number of nitrogens with two attached hydrogens (primary N) is 1. The smallest absolute Gasteiger partial charge is 0.255 e. The molecule has 0 aliphatic heterocycles. The van der Waals surface area contributed by atoms with Crippen molar-refractivity contribution in [1.29, 1.82) is 0 Å². The van der Waals surface area contributed by atoms with Crippen LogP contribution in [0.1, 0.15) is 25.0 Å². The highest BCUT2D eigenvalue weighted by Gasteiger charge is 2.13. The molecule has 0 bridgehead atoms. The fourth-order valence-corrected chi connectivity index (χ4v) is 2.45. The first-order chi connectivity index (χ1) is 9.54. The zero-order valence-electron chi connectivity index (χ0n) is 12.4. The first-order valence-electron chi connectivity index (χ1n) is 7.03. The summed E-state index contributed by atoms with van der Waals surface area (Å²) in [7, 11) is 0. The Morgan fingerprint density at radius 2 is 1.85 bits per heavy atom. The summed E-state index contributed by atoms with van der Waals surface area (Å²) in [5.74, 6) is 0.406. The van der Waals surface area contributed by atoms with Gasteiger partial charge in [0.2, 0.25) is 0 Å². The molecule has 20 heavy (non-hydrogen) atoms. The molecule has 2 aromatic rings. The molecule has 0 fully saturated rings. The number of aromatic nitrogens is 1. The second-order valence-electron chi connectivity index (χ2n) is 5.57. The monoisotopic (exact) mass is 270 g/mol. The van der Waals surface area contributed by atoms with Gasteiger partial charge in [-0.1, -0.05) is 44.2 Å². The molecule has 106 valence electrons. The van der Waals surface area contributed by atoms with Crippen LogP contribution in [-0.4, -0.2) is 4.57 Å². The summed E-state index contributed by atoms with van der Waals surface area (Å²) in [4.78, 5) is 12.6. The van der Waals surface area contributed by atoms with Gasteiger partial charge in [0.1, 0.15) is 0 Å². The fourth-order valence-electron chi connectivity index (χ4n) is 2.45. The van der Waals surface area contributed by atoms with Crippen molar-refractivity contribution in [2.75, 3.05) is 0 Å². The Labute approximate surface area is 120 Å². The first-order valence-corrected chi connectivity index (χ1v) is 7.03. The van der Waals surface area contributed by atoms with Gasteiger partial charge in [-0.2, -0.15) is 0 Å². The summed E-state index contributed by atoms with van der Waals surface area (Å²) in [6.45, 7) is 7.18. The van der Waals surface area contributed by atoms with Crippen LogP contribution in [0.15, 0.2) is 41.2 Å². The summed E-state index contributed by atoms with van der Waals surface area (Å²) in [5, 5.41) is 0. The van der Waals surface area contributed by atoms with Crippen LogP contribution in [0, 0.1) is 12.8 Å². The summed E-state index contributed by atoms with van der Waals surface area (Å²) in [6, 6.07) is 12.1. The Balaban J connectivity index is 2.70. The molecule has 0 amide bonds. The van der Waals surface area contributed by atoms with Gasteiger partial charge in [0.25, 0.3) is 5.56 Å². The average Bonchev–Trinajstić information content (AvgIpc) is 2.43. The Morgan fingerprint density at radius 3 is 2.40 bits per heavy atom. The largest absolute Gasteiger partial charge is 0.326 e. The minimum atomic E-state index is 0.0417. The molecule has 0 saturated heterocycles. The molecule has 2 rings (SSSR count). The van der Waals surface area contributed by atoms with Crippen LogP contribution < -0.4 is 11.3 Å². The van der Waals surface area contributed by atoms with Crippen molar-refractivity contribution in [1.82, 2.24) is 4.57 Å². The lowest BCUT2D eigenvalue weighted by Crippen LogP contribution is -2.29. The standard InChI is InChI=1S/C17H22N2O/c1-12(2)11-19-16(14-7-5-4-6-8-14)9-13(3)15(10-18)17(19)20/h4-9,12H,10-11,18H2,1-3H3. The van der Waals surface area contributed by atoms with Crippen molar-refractivity contribution in [3.8, 4) is 11.3 Å². The number of hydrogen-bond acceptors (Lipinski definition) is 2. The molecule has 0 atom stereocenters. The van der Waals surface area contributed by atoms with E-state index in [4.69, 9.17) is 5.73 Å². The Hall–Kier alpha value is -1.87. The van der Waals surface area contributed by atoms with Gasteiger partial charge in [-0.25, -0.2) is 0 Å². The number of nitrogens with zero attached hydrogens (tertiary/aromatic N) is 1. The van der Waals surface area contributed by atoms with Gasteiger partial charge in [0.05, 0.1) is 5.69 Å². The number of rotatable bonds is 4. The molecular weight excluding hydrogens is 248 g/mol. The van der Waals surface area contributed by atoms with E-state index in [1.165, 1.54) is 0 Å². The van der Waals surface area contributed by atoms with E-state index in [1.54, 1.807) is 0 Å². The highest BCUT2D eigenvalue weighted by atomic mass is 16.1. The summed E-state index contributed by atoms with van der Waals surface area (Å²) >= 11 is 0. The van der Waals surface area contributed by atoms with Crippen molar-refractivity contribution in [2.45, 2.75) is 33.9 Å². The van der Waals surface area contributed by atoms with Crippen LogP contribution >= 0.6 is 0 Å². The molecular formula is C17H22N2O. The van der Waals surface area contributed by atoms with Crippen molar-refractivity contribution < 1.29 is 0 Å². The second kappa shape index (κ2) is 6.06. The first kappa shape index (κ1) is 14.5. The highest BCUT2D eigenvalue weighted by molar-refractivity contribution is 5.61. The predicted molar refractivity (Wildman–Crippen MR) is 83.6 cm³/mol. The zero-order valence-corrected chi connectivity index (χ0v) is 12.4. The SMILES string of the molecule is Cc1cc(-c2ccccc2)n(CC(C)C)c(=O)c1CN. The minimum Gasteiger partial charge on any atom is -0.326 e. The molecule has 1 aromatic heterocycles. The van der Waals surface area contributed by atoms with Gasteiger partial charge in [0, 0.05) is 18.7 Å². The highest BCUT2D eigenvalue weighted by Crippen LogP contribution is 2.21. The molecule has 0 spiro atoms. The molecule has 1 aromatic carbocycles. The number of aryl methyl sites for hydroxylation is 1. The van der Waals surface area contributed by atoms with E-state index in [9.17, 15) is 4.79 Å². The normalized spacial score (nSPS) is 11.1. The van der Waals surface area contributed by atoms with E-state index < -0.39 is 0 Å². The van der Waals surface area contributed by atoms with E-state index in [2.05, 4.69) is 19.9 Å². The molecule has 3 heteroatoms. The van der Waals surface area contributed by atoms with Crippen LogP contribution in [0.25, 0.3) is 11.3 Å². The maximum Gasteiger partial charge on any atom is 0.255 e. The van der Waals surface area contributed by atoms with Gasteiger partial charge in [-0.15, -0.1) is 0 Å². The summed E-state index contributed by atoms with van der Waals surface area (Å²) < 4.78 is 1.86.